The van der Waals surface area contributed by atoms with Crippen molar-refractivity contribution in [3.05, 3.63) is 16.5 Å². The zero-order chi connectivity index (χ0) is 14.3. The van der Waals surface area contributed by atoms with Gasteiger partial charge in [0, 0.05) is 17.8 Å². The number of rotatable bonds is 7. The minimum atomic E-state index is -0.387. The first-order valence-electron chi connectivity index (χ1n) is 6.36. The van der Waals surface area contributed by atoms with Crippen molar-refractivity contribution in [3.63, 3.8) is 0 Å². The van der Waals surface area contributed by atoms with Crippen LogP contribution in [0.25, 0.3) is 0 Å². The summed E-state index contributed by atoms with van der Waals surface area (Å²) >= 11 is 1.42. The van der Waals surface area contributed by atoms with Gasteiger partial charge in [-0.05, 0) is 26.5 Å². The number of carbonyl (C=O) groups is 2. The average molecular weight is 284 g/mol. The van der Waals surface area contributed by atoms with E-state index in [-0.39, 0.29) is 11.9 Å². The van der Waals surface area contributed by atoms with Crippen LogP contribution in [-0.4, -0.2) is 32.1 Å². The Morgan fingerprint density at radius 3 is 2.68 bits per heavy atom. The van der Waals surface area contributed by atoms with Crippen molar-refractivity contribution in [3.8, 4) is 0 Å². The van der Waals surface area contributed by atoms with Crippen LogP contribution >= 0.6 is 11.3 Å². The fourth-order valence-corrected chi connectivity index (χ4v) is 2.50. The third-order valence-corrected chi connectivity index (χ3v) is 3.68. The van der Waals surface area contributed by atoms with Gasteiger partial charge in [0.2, 0.25) is 5.91 Å². The molecule has 106 valence electrons. The van der Waals surface area contributed by atoms with Crippen molar-refractivity contribution >= 4 is 28.2 Å². The zero-order valence-corrected chi connectivity index (χ0v) is 12.4. The smallest absolute Gasteiger partial charge is 0.341 e. The number of amides is 1. The molecule has 0 radical (unpaired) electrons. The summed E-state index contributed by atoms with van der Waals surface area (Å²) in [4.78, 5) is 24.6. The number of esters is 1. The van der Waals surface area contributed by atoms with Crippen molar-refractivity contribution < 1.29 is 14.3 Å². The topological polar surface area (TPSA) is 67.4 Å². The van der Waals surface area contributed by atoms with E-state index in [0.29, 0.717) is 30.1 Å². The number of ether oxygens (including phenoxy) is 1. The van der Waals surface area contributed by atoms with Crippen LogP contribution in [0.1, 0.15) is 35.5 Å². The van der Waals surface area contributed by atoms with E-state index < -0.39 is 0 Å². The quantitative estimate of drug-likeness (QED) is 0.752. The third-order valence-electron chi connectivity index (χ3n) is 2.48. The number of anilines is 1. The Kier molecular flexibility index (Phi) is 6.52. The van der Waals surface area contributed by atoms with Gasteiger partial charge < -0.3 is 15.4 Å². The lowest BCUT2D eigenvalue weighted by atomic mass is 10.2. The second-order valence-electron chi connectivity index (χ2n) is 3.93. The number of thiophene rings is 1. The van der Waals surface area contributed by atoms with Gasteiger partial charge in [0.25, 0.3) is 0 Å². The number of hydrogen-bond donors (Lipinski definition) is 2. The first-order chi connectivity index (χ1) is 9.12. The molecule has 1 rings (SSSR count). The van der Waals surface area contributed by atoms with Gasteiger partial charge in [-0.25, -0.2) is 4.79 Å². The van der Waals surface area contributed by atoms with Crippen molar-refractivity contribution in [2.24, 2.45) is 0 Å². The SMILES string of the molecule is CCOC(=O)c1cc(CC)sc1NC(=O)CCNC. The van der Waals surface area contributed by atoms with Gasteiger partial charge in [-0.3, -0.25) is 4.79 Å². The molecule has 0 aromatic carbocycles. The fourth-order valence-electron chi connectivity index (χ4n) is 1.50. The van der Waals surface area contributed by atoms with Gasteiger partial charge in [-0.2, -0.15) is 0 Å². The van der Waals surface area contributed by atoms with E-state index in [1.165, 1.54) is 11.3 Å². The number of carbonyl (C=O) groups excluding carboxylic acids is 2. The van der Waals surface area contributed by atoms with Crippen molar-refractivity contribution in [1.82, 2.24) is 5.32 Å². The van der Waals surface area contributed by atoms with E-state index in [0.717, 1.165) is 11.3 Å². The third kappa shape index (κ3) is 4.65. The number of aryl methyl sites for hydroxylation is 1. The van der Waals surface area contributed by atoms with Crippen LogP contribution in [0.3, 0.4) is 0 Å². The molecule has 1 heterocycles. The van der Waals surface area contributed by atoms with E-state index >= 15 is 0 Å². The van der Waals surface area contributed by atoms with Crippen LogP contribution in [0.2, 0.25) is 0 Å². The predicted molar refractivity (Wildman–Crippen MR) is 76.8 cm³/mol. The molecule has 1 aromatic rings. The monoisotopic (exact) mass is 284 g/mol. The van der Waals surface area contributed by atoms with E-state index in [1.54, 1.807) is 20.0 Å². The fraction of sp³-hybridized carbons (Fsp3) is 0.538. The Bertz CT molecular complexity index is 443. The molecule has 0 saturated heterocycles. The van der Waals surface area contributed by atoms with Crippen LogP contribution < -0.4 is 10.6 Å². The maximum absolute atomic E-state index is 11.8. The maximum atomic E-state index is 11.8. The molecule has 0 bridgehead atoms. The van der Waals surface area contributed by atoms with Gasteiger partial charge in [0.1, 0.15) is 5.00 Å². The van der Waals surface area contributed by atoms with E-state index in [2.05, 4.69) is 10.6 Å². The van der Waals surface area contributed by atoms with Gasteiger partial charge in [0.05, 0.1) is 12.2 Å². The molecule has 6 heteroatoms. The minimum Gasteiger partial charge on any atom is -0.462 e. The second-order valence-corrected chi connectivity index (χ2v) is 5.07. The summed E-state index contributed by atoms with van der Waals surface area (Å²) in [5.74, 6) is -0.494. The molecule has 19 heavy (non-hydrogen) atoms. The van der Waals surface area contributed by atoms with Crippen molar-refractivity contribution in [2.45, 2.75) is 26.7 Å². The Balaban J connectivity index is 2.82. The highest BCUT2D eigenvalue weighted by molar-refractivity contribution is 7.16. The molecule has 0 aliphatic heterocycles. The summed E-state index contributed by atoms with van der Waals surface area (Å²) in [6.07, 6.45) is 1.20. The average Bonchev–Trinajstić information content (AvgIpc) is 2.79. The van der Waals surface area contributed by atoms with Gasteiger partial charge in [0.15, 0.2) is 0 Å². The Morgan fingerprint density at radius 2 is 2.11 bits per heavy atom. The molecule has 0 aliphatic rings. The second kappa shape index (κ2) is 7.91. The molecule has 2 N–H and O–H groups in total. The normalized spacial score (nSPS) is 10.3. The van der Waals surface area contributed by atoms with Crippen molar-refractivity contribution in [1.29, 1.82) is 0 Å². The van der Waals surface area contributed by atoms with E-state index in [9.17, 15) is 9.59 Å². The molecule has 1 amide bonds. The standard InChI is InChI=1S/C13H20N2O3S/c1-4-9-8-10(13(17)18-5-2)12(19-9)15-11(16)6-7-14-3/h8,14H,4-7H2,1-3H3,(H,15,16). The predicted octanol–water partition coefficient (Wildman–Crippen LogP) is 2.04. The van der Waals surface area contributed by atoms with Crippen LogP contribution in [0, 0.1) is 0 Å². The summed E-state index contributed by atoms with van der Waals surface area (Å²) < 4.78 is 4.99. The summed E-state index contributed by atoms with van der Waals surface area (Å²) in [5.41, 5.74) is 0.446. The van der Waals surface area contributed by atoms with Gasteiger partial charge in [-0.1, -0.05) is 6.92 Å². The highest BCUT2D eigenvalue weighted by atomic mass is 32.1. The lowest BCUT2D eigenvalue weighted by molar-refractivity contribution is -0.116. The molecule has 0 unspecified atom stereocenters. The highest BCUT2D eigenvalue weighted by Crippen LogP contribution is 2.29. The molecule has 0 aliphatic carbocycles. The Hall–Kier alpha value is -1.40. The van der Waals surface area contributed by atoms with Crippen LogP contribution in [-0.2, 0) is 16.0 Å². The molecule has 0 atom stereocenters. The largest absolute Gasteiger partial charge is 0.462 e. The molecule has 0 saturated carbocycles. The first kappa shape index (κ1) is 15.7. The zero-order valence-electron chi connectivity index (χ0n) is 11.5. The molecular formula is C13H20N2O3S. The lowest BCUT2D eigenvalue weighted by Gasteiger charge is -2.05. The highest BCUT2D eigenvalue weighted by Gasteiger charge is 2.18. The molecule has 5 nitrogen and oxygen atoms in total. The summed E-state index contributed by atoms with van der Waals surface area (Å²) in [5, 5.41) is 6.27. The summed E-state index contributed by atoms with van der Waals surface area (Å²) in [6.45, 7) is 4.69. The molecular weight excluding hydrogens is 264 g/mol. The molecule has 0 spiro atoms. The first-order valence-corrected chi connectivity index (χ1v) is 7.18. The van der Waals surface area contributed by atoms with Crippen LogP contribution in [0.15, 0.2) is 6.07 Å². The van der Waals surface area contributed by atoms with E-state index in [4.69, 9.17) is 4.74 Å². The maximum Gasteiger partial charge on any atom is 0.341 e. The number of hydrogen-bond acceptors (Lipinski definition) is 5. The lowest BCUT2D eigenvalue weighted by Crippen LogP contribution is -2.19. The summed E-state index contributed by atoms with van der Waals surface area (Å²) in [7, 11) is 1.79. The summed E-state index contributed by atoms with van der Waals surface area (Å²) in [6, 6.07) is 1.79. The van der Waals surface area contributed by atoms with Gasteiger partial charge >= 0.3 is 5.97 Å². The number of nitrogens with one attached hydrogen (secondary N) is 2. The molecule has 1 aromatic heterocycles. The molecule has 0 fully saturated rings. The minimum absolute atomic E-state index is 0.107. The van der Waals surface area contributed by atoms with E-state index in [1.807, 2.05) is 6.92 Å². The van der Waals surface area contributed by atoms with Gasteiger partial charge in [-0.15, -0.1) is 11.3 Å². The Labute approximate surface area is 117 Å². The Morgan fingerprint density at radius 1 is 1.37 bits per heavy atom. The van der Waals surface area contributed by atoms with Crippen molar-refractivity contribution in [2.75, 3.05) is 25.5 Å². The van der Waals surface area contributed by atoms with Crippen LogP contribution in [0.4, 0.5) is 5.00 Å². The van der Waals surface area contributed by atoms with Crippen LogP contribution in [0.5, 0.6) is 0 Å².